The minimum Gasteiger partial charge on any atom is -0.388 e. The average Bonchev–Trinajstić information content (AvgIpc) is 2.33. The van der Waals surface area contributed by atoms with Crippen molar-refractivity contribution in [3.05, 3.63) is 59.4 Å². The van der Waals surface area contributed by atoms with Crippen LogP contribution >= 0.6 is 0 Å². The first kappa shape index (κ1) is 10.8. The van der Waals surface area contributed by atoms with Crippen molar-refractivity contribution in [2.45, 2.75) is 19.4 Å². The molecule has 2 aromatic rings. The van der Waals surface area contributed by atoms with E-state index in [4.69, 9.17) is 0 Å². The molecule has 1 N–H and O–H groups in total. The van der Waals surface area contributed by atoms with Gasteiger partial charge in [0.1, 0.15) is 0 Å². The Labute approximate surface area is 94.8 Å². The summed E-state index contributed by atoms with van der Waals surface area (Å²) in [5, 5.41) is 18.0. The number of aliphatic hydroxyl groups excluding tert-OH is 1. The van der Waals surface area contributed by atoms with Crippen LogP contribution < -0.4 is 0 Å². The van der Waals surface area contributed by atoms with E-state index in [0.29, 0.717) is 6.42 Å². The van der Waals surface area contributed by atoms with Crippen molar-refractivity contribution in [1.82, 2.24) is 10.2 Å². The molecule has 1 heterocycles. The van der Waals surface area contributed by atoms with Crippen molar-refractivity contribution in [3.63, 3.8) is 0 Å². The van der Waals surface area contributed by atoms with Gasteiger partial charge in [0.25, 0.3) is 0 Å². The molecule has 0 aliphatic rings. The van der Waals surface area contributed by atoms with Gasteiger partial charge in [0, 0.05) is 6.42 Å². The number of rotatable bonds is 3. The highest BCUT2D eigenvalue weighted by Gasteiger charge is 2.08. The summed E-state index contributed by atoms with van der Waals surface area (Å²) < 4.78 is 0. The zero-order valence-corrected chi connectivity index (χ0v) is 9.17. The first-order valence-corrected chi connectivity index (χ1v) is 5.28. The molecule has 0 aliphatic carbocycles. The Hall–Kier alpha value is -1.74. The maximum atomic E-state index is 9.98. The predicted octanol–water partition coefficient (Wildman–Crippen LogP) is 2.06. The number of hydrogen-bond acceptors (Lipinski definition) is 3. The third kappa shape index (κ3) is 2.64. The molecule has 1 unspecified atom stereocenters. The molecule has 16 heavy (non-hydrogen) atoms. The summed E-state index contributed by atoms with van der Waals surface area (Å²) in [5.74, 6) is 0. The zero-order valence-electron chi connectivity index (χ0n) is 9.17. The Morgan fingerprint density at radius 3 is 2.44 bits per heavy atom. The van der Waals surface area contributed by atoms with E-state index in [9.17, 15) is 5.11 Å². The van der Waals surface area contributed by atoms with Gasteiger partial charge in [-0.25, -0.2) is 0 Å². The van der Waals surface area contributed by atoms with Crippen LogP contribution in [0.2, 0.25) is 0 Å². The fourth-order valence-electron chi connectivity index (χ4n) is 1.53. The third-order valence-corrected chi connectivity index (χ3v) is 2.44. The molecule has 3 nitrogen and oxygen atoms in total. The summed E-state index contributed by atoms with van der Waals surface area (Å²) in [6, 6.07) is 13.4. The summed E-state index contributed by atoms with van der Waals surface area (Å²) in [7, 11) is 0. The Kier molecular flexibility index (Phi) is 3.27. The molecule has 0 spiro atoms. The van der Waals surface area contributed by atoms with Crippen molar-refractivity contribution in [2.75, 3.05) is 0 Å². The van der Waals surface area contributed by atoms with Gasteiger partial charge in [-0.15, -0.1) is 0 Å². The van der Waals surface area contributed by atoms with Crippen molar-refractivity contribution in [1.29, 1.82) is 0 Å². The van der Waals surface area contributed by atoms with Crippen molar-refractivity contribution in [3.8, 4) is 0 Å². The average molecular weight is 214 g/mol. The fraction of sp³-hybridized carbons (Fsp3) is 0.231. The fourth-order valence-corrected chi connectivity index (χ4v) is 1.53. The quantitative estimate of drug-likeness (QED) is 0.850. The second-order valence-electron chi connectivity index (χ2n) is 3.80. The van der Waals surface area contributed by atoms with Crippen LogP contribution in [0, 0.1) is 6.92 Å². The normalized spacial score (nSPS) is 12.4. The van der Waals surface area contributed by atoms with E-state index in [1.54, 1.807) is 0 Å². The van der Waals surface area contributed by atoms with Gasteiger partial charge in [-0.2, -0.15) is 10.2 Å². The number of benzene rings is 1. The van der Waals surface area contributed by atoms with Crippen LogP contribution in [0.15, 0.2) is 42.5 Å². The molecule has 3 heteroatoms. The smallest absolute Gasteiger partial charge is 0.0846 e. The van der Waals surface area contributed by atoms with E-state index in [2.05, 4.69) is 10.2 Å². The number of hydrogen-bond donors (Lipinski definition) is 1. The topological polar surface area (TPSA) is 46.0 Å². The summed E-state index contributed by atoms with van der Waals surface area (Å²) in [6.45, 7) is 1.89. The summed E-state index contributed by atoms with van der Waals surface area (Å²) in [6.07, 6.45) is -0.0182. The van der Waals surface area contributed by atoms with Gasteiger partial charge >= 0.3 is 0 Å². The molecule has 0 bridgehead atoms. The van der Waals surface area contributed by atoms with Crippen LogP contribution in [0.25, 0.3) is 0 Å². The van der Waals surface area contributed by atoms with Crippen LogP contribution in [0.3, 0.4) is 0 Å². The van der Waals surface area contributed by atoms with E-state index in [1.807, 2.05) is 49.4 Å². The third-order valence-electron chi connectivity index (χ3n) is 2.44. The monoisotopic (exact) mass is 214 g/mol. The van der Waals surface area contributed by atoms with E-state index in [1.165, 1.54) is 0 Å². The Balaban J connectivity index is 2.08. The van der Waals surface area contributed by atoms with Gasteiger partial charge < -0.3 is 5.11 Å². The molecule has 0 aliphatic heterocycles. The second-order valence-corrected chi connectivity index (χ2v) is 3.80. The molecular weight excluding hydrogens is 200 g/mol. The highest BCUT2D eigenvalue weighted by molar-refractivity contribution is 5.19. The summed E-state index contributed by atoms with van der Waals surface area (Å²) in [5.41, 5.74) is 2.60. The summed E-state index contributed by atoms with van der Waals surface area (Å²) in [4.78, 5) is 0. The Bertz CT molecular complexity index is 439. The molecule has 1 aromatic heterocycles. The number of aromatic nitrogens is 2. The van der Waals surface area contributed by atoms with Crippen LogP contribution in [0.4, 0.5) is 0 Å². The number of nitrogens with zero attached hydrogens (tertiary/aromatic N) is 2. The zero-order chi connectivity index (χ0) is 11.4. The Morgan fingerprint density at radius 2 is 1.81 bits per heavy atom. The first-order valence-electron chi connectivity index (χ1n) is 5.28. The van der Waals surface area contributed by atoms with Crippen LogP contribution in [-0.4, -0.2) is 15.3 Å². The lowest BCUT2D eigenvalue weighted by atomic mass is 10.1. The van der Waals surface area contributed by atoms with E-state index >= 15 is 0 Å². The summed E-state index contributed by atoms with van der Waals surface area (Å²) >= 11 is 0. The molecule has 0 saturated carbocycles. The van der Waals surface area contributed by atoms with Crippen molar-refractivity contribution >= 4 is 0 Å². The molecule has 1 atom stereocenters. The van der Waals surface area contributed by atoms with E-state index in [-0.39, 0.29) is 0 Å². The van der Waals surface area contributed by atoms with Gasteiger partial charge in [0.2, 0.25) is 0 Å². The van der Waals surface area contributed by atoms with Crippen LogP contribution in [0.5, 0.6) is 0 Å². The van der Waals surface area contributed by atoms with Gasteiger partial charge in [0.15, 0.2) is 0 Å². The lowest BCUT2D eigenvalue weighted by Gasteiger charge is -2.09. The van der Waals surface area contributed by atoms with Gasteiger partial charge in [-0.3, -0.25) is 0 Å². The van der Waals surface area contributed by atoms with Crippen molar-refractivity contribution in [2.24, 2.45) is 0 Å². The van der Waals surface area contributed by atoms with Crippen molar-refractivity contribution < 1.29 is 5.11 Å². The van der Waals surface area contributed by atoms with E-state index < -0.39 is 6.10 Å². The maximum Gasteiger partial charge on any atom is 0.0846 e. The van der Waals surface area contributed by atoms with Gasteiger partial charge in [0.05, 0.1) is 17.5 Å². The van der Waals surface area contributed by atoms with Crippen LogP contribution in [0.1, 0.15) is 23.1 Å². The molecule has 0 fully saturated rings. The molecule has 0 radical (unpaired) electrons. The van der Waals surface area contributed by atoms with Crippen LogP contribution in [-0.2, 0) is 6.42 Å². The van der Waals surface area contributed by atoms with Gasteiger partial charge in [-0.1, -0.05) is 30.3 Å². The molecule has 2 rings (SSSR count). The highest BCUT2D eigenvalue weighted by Crippen LogP contribution is 2.16. The SMILES string of the molecule is Cc1ccc(CC(O)c2ccccc2)nn1. The second kappa shape index (κ2) is 4.86. The lowest BCUT2D eigenvalue weighted by Crippen LogP contribution is -2.04. The Morgan fingerprint density at radius 1 is 1.06 bits per heavy atom. The molecule has 0 saturated heterocycles. The minimum atomic E-state index is -0.516. The van der Waals surface area contributed by atoms with Gasteiger partial charge in [-0.05, 0) is 24.6 Å². The molecule has 1 aromatic carbocycles. The molecule has 82 valence electrons. The standard InChI is InChI=1S/C13H14N2O/c1-10-7-8-12(15-14-10)9-13(16)11-5-3-2-4-6-11/h2-8,13,16H,9H2,1H3. The number of aliphatic hydroxyl groups is 1. The predicted molar refractivity (Wildman–Crippen MR) is 61.9 cm³/mol. The van der Waals surface area contributed by atoms with E-state index in [0.717, 1.165) is 17.0 Å². The minimum absolute atomic E-state index is 0.497. The first-order chi connectivity index (χ1) is 7.75. The number of aryl methyl sites for hydroxylation is 1. The highest BCUT2D eigenvalue weighted by atomic mass is 16.3. The lowest BCUT2D eigenvalue weighted by molar-refractivity contribution is 0.177. The molecular formula is C13H14N2O. The molecule has 0 amide bonds. The maximum absolute atomic E-state index is 9.98. The largest absolute Gasteiger partial charge is 0.388 e.